The number of alkyl halides is 3. The minimum absolute atomic E-state index is 0.0979. The minimum Gasteiger partial charge on any atom is -0.493 e. The second-order valence-corrected chi connectivity index (χ2v) is 6.22. The molecule has 28 heavy (non-hydrogen) atoms. The fraction of sp³-hybridized carbons (Fsp3) is 0.300. The first-order valence-electron chi connectivity index (χ1n) is 8.64. The van der Waals surface area contributed by atoms with Crippen molar-refractivity contribution in [3.05, 3.63) is 53.6 Å². The zero-order valence-electron chi connectivity index (χ0n) is 15.5. The van der Waals surface area contributed by atoms with E-state index in [2.05, 4.69) is 5.32 Å². The smallest absolute Gasteiger partial charge is 0.471 e. The topological polar surface area (TPSA) is 67.4 Å². The van der Waals surface area contributed by atoms with E-state index in [0.29, 0.717) is 13.0 Å². The van der Waals surface area contributed by atoms with Crippen LogP contribution in [0.4, 0.5) is 24.5 Å². The molecule has 150 valence electrons. The van der Waals surface area contributed by atoms with Crippen molar-refractivity contribution in [2.45, 2.75) is 32.9 Å². The molecule has 5 nitrogen and oxygen atoms in total. The lowest BCUT2D eigenvalue weighted by molar-refractivity contribution is -0.167. The van der Waals surface area contributed by atoms with Crippen LogP contribution >= 0.6 is 0 Å². The molecular formula is C20H21F3N2O3. The van der Waals surface area contributed by atoms with Gasteiger partial charge >= 0.3 is 12.1 Å². The van der Waals surface area contributed by atoms with Crippen LogP contribution in [0.1, 0.15) is 24.0 Å². The number of anilines is 2. The molecule has 0 heterocycles. The number of nitrogens with one attached hydrogen (secondary N) is 2. The van der Waals surface area contributed by atoms with Crippen LogP contribution in [-0.4, -0.2) is 24.6 Å². The molecule has 0 aliphatic rings. The number of hydrogen-bond acceptors (Lipinski definition) is 3. The maximum Gasteiger partial charge on any atom is 0.471 e. The number of ether oxygens (including phenoxy) is 1. The van der Waals surface area contributed by atoms with Crippen molar-refractivity contribution in [1.29, 1.82) is 0 Å². The molecule has 0 saturated carbocycles. The standard InChI is InChI=1S/C20H21F3N2O3/c1-13-7-5-8-14(2)18(13)28-12-6-11-17(26)24-15-9-3-4-10-16(15)25-19(27)20(21,22)23/h3-5,7-10H,6,11-12H2,1-2H3,(H,24,26)(H,25,27). The Kier molecular flexibility index (Phi) is 7.03. The number of benzene rings is 2. The highest BCUT2D eigenvalue weighted by molar-refractivity contribution is 6.01. The number of para-hydroxylation sites is 3. The Labute approximate surface area is 160 Å². The summed E-state index contributed by atoms with van der Waals surface area (Å²) < 4.78 is 43.0. The van der Waals surface area contributed by atoms with Gasteiger partial charge in [-0.2, -0.15) is 13.2 Å². The van der Waals surface area contributed by atoms with Crippen LogP contribution in [0.3, 0.4) is 0 Å². The van der Waals surface area contributed by atoms with Gasteiger partial charge in [-0.05, 0) is 43.5 Å². The third kappa shape index (κ3) is 6.00. The largest absolute Gasteiger partial charge is 0.493 e. The Bertz CT molecular complexity index is 831. The molecule has 0 aliphatic carbocycles. The maximum atomic E-state index is 12.4. The molecule has 0 radical (unpaired) electrons. The van der Waals surface area contributed by atoms with Crippen molar-refractivity contribution in [3.8, 4) is 5.75 Å². The number of carbonyl (C=O) groups is 2. The molecule has 0 unspecified atom stereocenters. The molecule has 0 spiro atoms. The molecule has 2 amide bonds. The van der Waals surface area contributed by atoms with Crippen molar-refractivity contribution in [2.75, 3.05) is 17.2 Å². The summed E-state index contributed by atoms with van der Waals surface area (Å²) in [6.45, 7) is 4.19. The molecule has 2 rings (SSSR count). The van der Waals surface area contributed by atoms with Gasteiger partial charge in [0.15, 0.2) is 0 Å². The summed E-state index contributed by atoms with van der Waals surface area (Å²) in [5.41, 5.74) is 1.98. The molecule has 0 atom stereocenters. The number of rotatable bonds is 7. The highest BCUT2D eigenvalue weighted by Gasteiger charge is 2.39. The zero-order chi connectivity index (χ0) is 20.7. The van der Waals surface area contributed by atoms with Crippen LogP contribution in [0.2, 0.25) is 0 Å². The summed E-state index contributed by atoms with van der Waals surface area (Å²) in [5.74, 6) is -1.71. The van der Waals surface area contributed by atoms with E-state index < -0.39 is 12.1 Å². The van der Waals surface area contributed by atoms with Gasteiger partial charge in [-0.1, -0.05) is 30.3 Å². The van der Waals surface area contributed by atoms with Gasteiger partial charge in [0.1, 0.15) is 5.75 Å². The highest BCUT2D eigenvalue weighted by atomic mass is 19.4. The molecule has 0 bridgehead atoms. The highest BCUT2D eigenvalue weighted by Crippen LogP contribution is 2.25. The van der Waals surface area contributed by atoms with E-state index >= 15 is 0 Å². The predicted molar refractivity (Wildman–Crippen MR) is 100 cm³/mol. The molecule has 2 aromatic rings. The Morgan fingerprint density at radius 2 is 1.50 bits per heavy atom. The fourth-order valence-corrected chi connectivity index (χ4v) is 2.54. The van der Waals surface area contributed by atoms with E-state index in [9.17, 15) is 22.8 Å². The zero-order valence-corrected chi connectivity index (χ0v) is 15.5. The normalized spacial score (nSPS) is 11.0. The average Bonchev–Trinajstić information content (AvgIpc) is 2.61. The summed E-state index contributed by atoms with van der Waals surface area (Å²) in [5, 5.41) is 4.27. The van der Waals surface area contributed by atoms with E-state index in [4.69, 9.17) is 4.74 Å². The second kappa shape index (κ2) is 9.25. The SMILES string of the molecule is Cc1cccc(C)c1OCCCC(=O)Nc1ccccc1NC(=O)C(F)(F)F. The van der Waals surface area contributed by atoms with Gasteiger partial charge in [0.25, 0.3) is 0 Å². The van der Waals surface area contributed by atoms with Crippen LogP contribution in [0.25, 0.3) is 0 Å². The van der Waals surface area contributed by atoms with E-state index in [0.717, 1.165) is 16.9 Å². The van der Waals surface area contributed by atoms with Gasteiger partial charge in [0.05, 0.1) is 18.0 Å². The fourth-order valence-electron chi connectivity index (χ4n) is 2.54. The third-order valence-electron chi connectivity index (χ3n) is 3.91. The van der Waals surface area contributed by atoms with Gasteiger partial charge in [-0.15, -0.1) is 0 Å². The molecule has 2 aromatic carbocycles. The molecule has 0 fully saturated rings. The van der Waals surface area contributed by atoms with Crippen molar-refractivity contribution in [2.24, 2.45) is 0 Å². The lowest BCUT2D eigenvalue weighted by atomic mass is 10.1. The van der Waals surface area contributed by atoms with Gasteiger partial charge in [0.2, 0.25) is 5.91 Å². The van der Waals surface area contributed by atoms with Gasteiger partial charge in [0, 0.05) is 6.42 Å². The van der Waals surface area contributed by atoms with Crippen LogP contribution in [0.5, 0.6) is 5.75 Å². The summed E-state index contributed by atoms with van der Waals surface area (Å²) in [6, 6.07) is 11.5. The summed E-state index contributed by atoms with van der Waals surface area (Å²) in [4.78, 5) is 23.2. The Balaban J connectivity index is 1.87. The Morgan fingerprint density at radius 3 is 2.07 bits per heavy atom. The van der Waals surface area contributed by atoms with Crippen LogP contribution in [0, 0.1) is 13.8 Å². The number of aryl methyl sites for hydroxylation is 2. The molecular weight excluding hydrogens is 373 g/mol. The predicted octanol–water partition coefficient (Wildman–Crippen LogP) is 4.60. The van der Waals surface area contributed by atoms with Gasteiger partial charge < -0.3 is 15.4 Å². The van der Waals surface area contributed by atoms with Crippen molar-refractivity contribution in [1.82, 2.24) is 0 Å². The molecule has 0 aromatic heterocycles. The quantitative estimate of drug-likeness (QED) is 0.675. The van der Waals surface area contributed by atoms with E-state index in [-0.39, 0.29) is 23.7 Å². The summed E-state index contributed by atoms with van der Waals surface area (Å²) in [6.07, 6.45) is -4.47. The summed E-state index contributed by atoms with van der Waals surface area (Å²) >= 11 is 0. The van der Waals surface area contributed by atoms with Crippen LogP contribution < -0.4 is 15.4 Å². The monoisotopic (exact) mass is 394 g/mol. The number of amides is 2. The lowest BCUT2D eigenvalue weighted by Crippen LogP contribution is -2.30. The van der Waals surface area contributed by atoms with Gasteiger partial charge in [-0.25, -0.2) is 0 Å². The lowest BCUT2D eigenvalue weighted by Gasteiger charge is -2.14. The molecule has 0 saturated heterocycles. The number of halogens is 3. The van der Waals surface area contributed by atoms with Crippen molar-refractivity contribution < 1.29 is 27.5 Å². The Hall–Kier alpha value is -3.03. The Morgan fingerprint density at radius 1 is 0.929 bits per heavy atom. The molecule has 8 heteroatoms. The molecule has 0 aliphatic heterocycles. The summed E-state index contributed by atoms with van der Waals surface area (Å²) in [7, 11) is 0. The number of hydrogen-bond donors (Lipinski definition) is 2. The van der Waals surface area contributed by atoms with Crippen molar-refractivity contribution >= 4 is 23.2 Å². The first-order valence-corrected chi connectivity index (χ1v) is 8.64. The first-order chi connectivity index (χ1) is 13.2. The van der Waals surface area contributed by atoms with Gasteiger partial charge in [-0.3, -0.25) is 9.59 Å². The van der Waals surface area contributed by atoms with E-state index in [1.165, 1.54) is 18.2 Å². The minimum atomic E-state index is -5.01. The second-order valence-electron chi connectivity index (χ2n) is 6.22. The van der Waals surface area contributed by atoms with E-state index in [1.807, 2.05) is 32.0 Å². The number of carbonyl (C=O) groups excluding carboxylic acids is 2. The average molecular weight is 394 g/mol. The third-order valence-corrected chi connectivity index (χ3v) is 3.91. The first kappa shape index (κ1) is 21.3. The van der Waals surface area contributed by atoms with Crippen molar-refractivity contribution in [3.63, 3.8) is 0 Å². The van der Waals surface area contributed by atoms with E-state index in [1.54, 1.807) is 11.4 Å². The van der Waals surface area contributed by atoms with Crippen LogP contribution in [-0.2, 0) is 9.59 Å². The molecule has 2 N–H and O–H groups in total. The maximum absolute atomic E-state index is 12.4. The van der Waals surface area contributed by atoms with Crippen LogP contribution in [0.15, 0.2) is 42.5 Å².